The summed E-state index contributed by atoms with van der Waals surface area (Å²) in [5.74, 6) is 0.119. The van der Waals surface area contributed by atoms with E-state index in [0.29, 0.717) is 6.54 Å². The van der Waals surface area contributed by atoms with Crippen molar-refractivity contribution in [3.8, 4) is 0 Å². The van der Waals surface area contributed by atoms with Crippen LogP contribution in [0, 0.1) is 13.8 Å². The van der Waals surface area contributed by atoms with Crippen LogP contribution in [0.3, 0.4) is 0 Å². The summed E-state index contributed by atoms with van der Waals surface area (Å²) in [6, 6.07) is 5.62. The molecule has 1 unspecified atom stereocenters. The number of rotatable bonds is 6. The number of benzene rings is 1. The molecule has 0 saturated carbocycles. The number of Topliss-reactive ketones (excluding diaryl/α,β-unsaturated/α-hetero) is 1. The number of hydrogen-bond donors (Lipinski definition) is 1. The van der Waals surface area contributed by atoms with Gasteiger partial charge in [0.05, 0.1) is 12.6 Å². The number of aliphatic hydroxyl groups excluding tert-OH is 1. The molecule has 18 heavy (non-hydrogen) atoms. The highest BCUT2D eigenvalue weighted by molar-refractivity contribution is 6.00. The normalized spacial score (nSPS) is 12.8. The van der Waals surface area contributed by atoms with Crippen LogP contribution in [0.1, 0.15) is 35.3 Å². The SMILES string of the molecule is CCN(CCO)C(C)C(=O)c1ccc(C)c(C)c1. The fraction of sp³-hybridized carbons (Fsp3) is 0.533. The molecule has 1 N–H and O–H groups in total. The second-order valence-corrected chi connectivity index (χ2v) is 4.69. The minimum atomic E-state index is -0.191. The molecule has 100 valence electrons. The smallest absolute Gasteiger partial charge is 0.179 e. The molecule has 0 aromatic heterocycles. The average Bonchev–Trinajstić information content (AvgIpc) is 2.37. The molecule has 1 aromatic rings. The van der Waals surface area contributed by atoms with E-state index in [4.69, 9.17) is 5.11 Å². The van der Waals surface area contributed by atoms with Gasteiger partial charge in [-0.05, 0) is 44.5 Å². The van der Waals surface area contributed by atoms with Crippen LogP contribution in [0.4, 0.5) is 0 Å². The zero-order chi connectivity index (χ0) is 13.7. The topological polar surface area (TPSA) is 40.5 Å². The van der Waals surface area contributed by atoms with Crippen LogP contribution in [0.5, 0.6) is 0 Å². The van der Waals surface area contributed by atoms with E-state index in [1.807, 2.05) is 50.8 Å². The number of hydrogen-bond acceptors (Lipinski definition) is 3. The standard InChI is InChI=1S/C15H23NO2/c1-5-16(8-9-17)13(4)15(18)14-7-6-11(2)12(3)10-14/h6-7,10,13,17H,5,8-9H2,1-4H3. The molecule has 0 saturated heterocycles. The van der Waals surface area contributed by atoms with Gasteiger partial charge in [-0.15, -0.1) is 0 Å². The van der Waals surface area contributed by atoms with Gasteiger partial charge in [0.2, 0.25) is 0 Å². The second kappa shape index (κ2) is 6.66. The van der Waals surface area contributed by atoms with E-state index in [2.05, 4.69) is 0 Å². The average molecular weight is 249 g/mol. The largest absolute Gasteiger partial charge is 0.395 e. The number of nitrogens with zero attached hydrogens (tertiary/aromatic N) is 1. The molecule has 0 bridgehead atoms. The van der Waals surface area contributed by atoms with E-state index < -0.39 is 0 Å². The molecule has 0 heterocycles. The van der Waals surface area contributed by atoms with Gasteiger partial charge in [-0.25, -0.2) is 0 Å². The van der Waals surface area contributed by atoms with Crippen molar-refractivity contribution in [1.29, 1.82) is 0 Å². The minimum absolute atomic E-state index is 0.0817. The van der Waals surface area contributed by atoms with Gasteiger partial charge in [-0.3, -0.25) is 9.69 Å². The maximum atomic E-state index is 12.4. The lowest BCUT2D eigenvalue weighted by Crippen LogP contribution is -2.40. The Balaban J connectivity index is 2.88. The number of ketones is 1. The summed E-state index contributed by atoms with van der Waals surface area (Å²) in [4.78, 5) is 14.3. The third-order valence-electron chi connectivity index (χ3n) is 3.51. The third-order valence-corrected chi connectivity index (χ3v) is 3.51. The predicted molar refractivity (Wildman–Crippen MR) is 74.0 cm³/mol. The fourth-order valence-corrected chi connectivity index (χ4v) is 2.06. The van der Waals surface area contributed by atoms with Crippen LogP contribution in [-0.4, -0.2) is 41.5 Å². The van der Waals surface area contributed by atoms with Gasteiger partial charge < -0.3 is 5.11 Å². The van der Waals surface area contributed by atoms with Crippen molar-refractivity contribution < 1.29 is 9.90 Å². The number of carbonyl (C=O) groups is 1. The van der Waals surface area contributed by atoms with Gasteiger partial charge in [0, 0.05) is 12.1 Å². The van der Waals surface area contributed by atoms with E-state index in [-0.39, 0.29) is 18.4 Å². The van der Waals surface area contributed by atoms with Crippen molar-refractivity contribution >= 4 is 5.78 Å². The van der Waals surface area contributed by atoms with Crippen LogP contribution in [-0.2, 0) is 0 Å². The van der Waals surface area contributed by atoms with E-state index >= 15 is 0 Å². The predicted octanol–water partition coefficient (Wildman–Crippen LogP) is 2.19. The number of carbonyl (C=O) groups excluding carboxylic acids is 1. The first-order valence-electron chi connectivity index (χ1n) is 6.47. The first-order valence-corrected chi connectivity index (χ1v) is 6.47. The molecule has 0 radical (unpaired) electrons. The summed E-state index contributed by atoms with van der Waals surface area (Å²) in [7, 11) is 0. The van der Waals surface area contributed by atoms with Gasteiger partial charge in [-0.2, -0.15) is 0 Å². The quantitative estimate of drug-likeness (QED) is 0.786. The molecule has 1 atom stereocenters. The van der Waals surface area contributed by atoms with Crippen molar-refractivity contribution in [3.05, 3.63) is 34.9 Å². The highest BCUT2D eigenvalue weighted by Gasteiger charge is 2.21. The Morgan fingerprint density at radius 3 is 2.50 bits per heavy atom. The van der Waals surface area contributed by atoms with Crippen molar-refractivity contribution in [1.82, 2.24) is 4.90 Å². The van der Waals surface area contributed by atoms with Gasteiger partial charge >= 0.3 is 0 Å². The first kappa shape index (κ1) is 14.9. The summed E-state index contributed by atoms with van der Waals surface area (Å²) in [5, 5.41) is 9.00. The Morgan fingerprint density at radius 2 is 2.00 bits per heavy atom. The molecule has 0 aliphatic carbocycles. The highest BCUT2D eigenvalue weighted by atomic mass is 16.3. The van der Waals surface area contributed by atoms with Gasteiger partial charge in [0.25, 0.3) is 0 Å². The Hall–Kier alpha value is -1.19. The minimum Gasteiger partial charge on any atom is -0.395 e. The summed E-state index contributed by atoms with van der Waals surface area (Å²) in [5.41, 5.74) is 3.09. The number of likely N-dealkylation sites (N-methyl/N-ethyl adjacent to an activating group) is 1. The fourth-order valence-electron chi connectivity index (χ4n) is 2.06. The van der Waals surface area contributed by atoms with Crippen molar-refractivity contribution in [2.24, 2.45) is 0 Å². The first-order chi connectivity index (χ1) is 8.51. The lowest BCUT2D eigenvalue weighted by Gasteiger charge is -2.26. The molecule has 3 nitrogen and oxygen atoms in total. The van der Waals surface area contributed by atoms with E-state index in [0.717, 1.165) is 17.7 Å². The Kier molecular flexibility index (Phi) is 5.51. The molecule has 3 heteroatoms. The maximum Gasteiger partial charge on any atom is 0.179 e. The summed E-state index contributed by atoms with van der Waals surface area (Å²) in [6.07, 6.45) is 0. The maximum absolute atomic E-state index is 12.4. The highest BCUT2D eigenvalue weighted by Crippen LogP contribution is 2.14. The zero-order valence-electron chi connectivity index (χ0n) is 11.7. The molecular weight excluding hydrogens is 226 g/mol. The van der Waals surface area contributed by atoms with Crippen molar-refractivity contribution in [2.45, 2.75) is 33.7 Å². The van der Waals surface area contributed by atoms with Gasteiger partial charge in [0.15, 0.2) is 5.78 Å². The molecule has 0 aliphatic rings. The second-order valence-electron chi connectivity index (χ2n) is 4.69. The van der Waals surface area contributed by atoms with E-state index in [9.17, 15) is 4.79 Å². The Morgan fingerprint density at radius 1 is 1.33 bits per heavy atom. The van der Waals surface area contributed by atoms with Crippen molar-refractivity contribution in [2.75, 3.05) is 19.7 Å². The third kappa shape index (κ3) is 3.40. The van der Waals surface area contributed by atoms with Crippen LogP contribution in [0.2, 0.25) is 0 Å². The lowest BCUT2D eigenvalue weighted by molar-refractivity contribution is 0.0817. The van der Waals surface area contributed by atoms with Crippen LogP contribution < -0.4 is 0 Å². The van der Waals surface area contributed by atoms with E-state index in [1.54, 1.807) is 0 Å². The monoisotopic (exact) mass is 249 g/mol. The van der Waals surface area contributed by atoms with Gasteiger partial charge in [0.1, 0.15) is 0 Å². The van der Waals surface area contributed by atoms with Crippen LogP contribution >= 0.6 is 0 Å². The van der Waals surface area contributed by atoms with E-state index in [1.165, 1.54) is 5.56 Å². The number of aliphatic hydroxyl groups is 1. The molecule has 1 aromatic carbocycles. The Bertz CT molecular complexity index is 415. The summed E-state index contributed by atoms with van der Waals surface area (Å²) in [6.45, 7) is 9.33. The molecule has 0 spiro atoms. The van der Waals surface area contributed by atoms with Crippen LogP contribution in [0.25, 0.3) is 0 Å². The Labute approximate surface area is 109 Å². The van der Waals surface area contributed by atoms with Crippen LogP contribution in [0.15, 0.2) is 18.2 Å². The molecule has 0 aliphatic heterocycles. The van der Waals surface area contributed by atoms with Crippen molar-refractivity contribution in [3.63, 3.8) is 0 Å². The zero-order valence-corrected chi connectivity index (χ0v) is 11.7. The molecular formula is C15H23NO2. The molecule has 0 amide bonds. The number of aryl methyl sites for hydroxylation is 2. The van der Waals surface area contributed by atoms with Gasteiger partial charge in [-0.1, -0.05) is 19.1 Å². The lowest BCUT2D eigenvalue weighted by atomic mass is 9.99. The molecule has 0 fully saturated rings. The summed E-state index contributed by atoms with van der Waals surface area (Å²) >= 11 is 0. The molecule has 1 rings (SSSR count). The summed E-state index contributed by atoms with van der Waals surface area (Å²) < 4.78 is 0.